The van der Waals surface area contributed by atoms with Crippen molar-refractivity contribution in [2.45, 2.75) is 6.42 Å². The molecule has 6 heteroatoms. The van der Waals surface area contributed by atoms with Crippen LogP contribution in [0.25, 0.3) is 11.3 Å². The van der Waals surface area contributed by atoms with Gasteiger partial charge in [0.05, 0.1) is 36.5 Å². The van der Waals surface area contributed by atoms with Crippen molar-refractivity contribution < 1.29 is 4.74 Å². The minimum atomic E-state index is 0.585. The molecular formula is C24H23N5O. The number of para-hydroxylation sites is 1. The Balaban J connectivity index is 1.35. The van der Waals surface area contributed by atoms with Crippen LogP contribution in [0.2, 0.25) is 0 Å². The first-order valence-corrected chi connectivity index (χ1v) is 10.1. The van der Waals surface area contributed by atoms with Gasteiger partial charge in [0, 0.05) is 48.7 Å². The Bertz CT molecular complexity index is 1090. The van der Waals surface area contributed by atoms with Gasteiger partial charge in [0.15, 0.2) is 5.82 Å². The zero-order valence-electron chi connectivity index (χ0n) is 16.7. The summed E-state index contributed by atoms with van der Waals surface area (Å²) in [4.78, 5) is 16.1. The number of ether oxygens (including phenoxy) is 1. The van der Waals surface area contributed by atoms with Crippen molar-refractivity contribution >= 4 is 22.6 Å². The van der Waals surface area contributed by atoms with Crippen LogP contribution >= 0.6 is 0 Å². The van der Waals surface area contributed by atoms with Crippen molar-refractivity contribution in [3.05, 3.63) is 90.3 Å². The van der Waals surface area contributed by atoms with E-state index in [0.29, 0.717) is 11.5 Å². The fourth-order valence-electron chi connectivity index (χ4n) is 3.83. The molecule has 2 aromatic heterocycles. The Morgan fingerprint density at radius 2 is 1.77 bits per heavy atom. The molecular weight excluding hydrogens is 374 g/mol. The van der Waals surface area contributed by atoms with Crippen molar-refractivity contribution in [1.82, 2.24) is 15.0 Å². The SMILES string of the molecule is C=C(Nc1ccccc1)c1ncc(C2=CCc3ncc(N4CCOCC4)cc32)cn1. The smallest absolute Gasteiger partial charge is 0.175 e. The number of hydrogen-bond donors (Lipinski definition) is 1. The Kier molecular flexibility index (Phi) is 4.99. The van der Waals surface area contributed by atoms with Gasteiger partial charge in [0.1, 0.15) is 0 Å². The molecule has 3 aromatic rings. The molecule has 0 saturated carbocycles. The van der Waals surface area contributed by atoms with Crippen molar-refractivity contribution in [1.29, 1.82) is 0 Å². The van der Waals surface area contributed by atoms with E-state index < -0.39 is 0 Å². The molecule has 1 aliphatic carbocycles. The molecule has 5 rings (SSSR count). The summed E-state index contributed by atoms with van der Waals surface area (Å²) in [6.45, 7) is 7.38. The van der Waals surface area contributed by atoms with Crippen LogP contribution in [0, 0.1) is 0 Å². The van der Waals surface area contributed by atoms with E-state index in [9.17, 15) is 0 Å². The van der Waals surface area contributed by atoms with Crippen LogP contribution in [-0.2, 0) is 11.2 Å². The van der Waals surface area contributed by atoms with Gasteiger partial charge in [-0.05, 0) is 23.8 Å². The molecule has 1 aliphatic heterocycles. The van der Waals surface area contributed by atoms with Gasteiger partial charge < -0.3 is 15.0 Å². The van der Waals surface area contributed by atoms with Crippen molar-refractivity contribution in [2.24, 2.45) is 0 Å². The maximum Gasteiger partial charge on any atom is 0.175 e. The monoisotopic (exact) mass is 397 g/mol. The number of anilines is 2. The molecule has 150 valence electrons. The van der Waals surface area contributed by atoms with Gasteiger partial charge in [0.2, 0.25) is 0 Å². The molecule has 0 bridgehead atoms. The highest BCUT2D eigenvalue weighted by atomic mass is 16.5. The van der Waals surface area contributed by atoms with Crippen LogP contribution in [0.3, 0.4) is 0 Å². The Labute approximate surface area is 176 Å². The molecule has 0 spiro atoms. The third kappa shape index (κ3) is 3.69. The number of aromatic nitrogens is 3. The summed E-state index contributed by atoms with van der Waals surface area (Å²) in [6, 6.07) is 12.1. The minimum Gasteiger partial charge on any atom is -0.378 e. The number of rotatable bonds is 5. The zero-order chi connectivity index (χ0) is 20.3. The van der Waals surface area contributed by atoms with Crippen LogP contribution in [0.15, 0.2) is 67.6 Å². The first-order chi connectivity index (χ1) is 14.8. The summed E-state index contributed by atoms with van der Waals surface area (Å²) in [5, 5.41) is 3.25. The lowest BCUT2D eigenvalue weighted by Crippen LogP contribution is -2.36. The molecule has 1 aromatic carbocycles. The summed E-state index contributed by atoms with van der Waals surface area (Å²) >= 11 is 0. The number of nitrogens with one attached hydrogen (secondary N) is 1. The fourth-order valence-corrected chi connectivity index (χ4v) is 3.83. The first-order valence-electron chi connectivity index (χ1n) is 10.1. The molecule has 6 nitrogen and oxygen atoms in total. The quantitative estimate of drug-likeness (QED) is 0.707. The minimum absolute atomic E-state index is 0.585. The second-order valence-corrected chi connectivity index (χ2v) is 7.37. The van der Waals surface area contributed by atoms with Gasteiger partial charge in [-0.3, -0.25) is 4.98 Å². The highest BCUT2D eigenvalue weighted by Gasteiger charge is 2.20. The molecule has 0 unspecified atom stereocenters. The lowest BCUT2D eigenvalue weighted by atomic mass is 10.0. The van der Waals surface area contributed by atoms with Gasteiger partial charge in [-0.1, -0.05) is 30.9 Å². The first kappa shape index (κ1) is 18.5. The lowest BCUT2D eigenvalue weighted by Gasteiger charge is -2.29. The highest BCUT2D eigenvalue weighted by Crippen LogP contribution is 2.33. The molecule has 2 aliphatic rings. The number of fused-ring (bicyclic) bond motifs is 1. The number of allylic oxidation sites excluding steroid dienone is 1. The van der Waals surface area contributed by atoms with Crippen LogP contribution < -0.4 is 10.2 Å². The average Bonchev–Trinajstić information content (AvgIpc) is 3.24. The van der Waals surface area contributed by atoms with E-state index in [4.69, 9.17) is 9.72 Å². The Morgan fingerprint density at radius 1 is 1.00 bits per heavy atom. The van der Waals surface area contributed by atoms with E-state index in [1.54, 1.807) is 0 Å². The van der Waals surface area contributed by atoms with Gasteiger partial charge in [-0.15, -0.1) is 0 Å². The molecule has 1 N–H and O–H groups in total. The van der Waals surface area contributed by atoms with E-state index in [1.807, 2.05) is 48.9 Å². The molecule has 30 heavy (non-hydrogen) atoms. The van der Waals surface area contributed by atoms with Gasteiger partial charge in [-0.25, -0.2) is 9.97 Å². The molecule has 0 amide bonds. The van der Waals surface area contributed by atoms with Crippen LogP contribution in [-0.4, -0.2) is 41.3 Å². The normalized spacial score (nSPS) is 15.5. The molecule has 0 atom stereocenters. The third-order valence-corrected chi connectivity index (χ3v) is 5.42. The van der Waals surface area contributed by atoms with Crippen LogP contribution in [0.1, 0.15) is 22.6 Å². The lowest BCUT2D eigenvalue weighted by molar-refractivity contribution is 0.122. The van der Waals surface area contributed by atoms with Crippen LogP contribution in [0.5, 0.6) is 0 Å². The van der Waals surface area contributed by atoms with Gasteiger partial charge in [-0.2, -0.15) is 0 Å². The maximum absolute atomic E-state index is 5.47. The van der Waals surface area contributed by atoms with Crippen molar-refractivity contribution in [3.8, 4) is 0 Å². The maximum atomic E-state index is 5.47. The highest BCUT2D eigenvalue weighted by molar-refractivity contribution is 5.85. The number of morpholine rings is 1. The second-order valence-electron chi connectivity index (χ2n) is 7.37. The summed E-state index contributed by atoms with van der Waals surface area (Å²) in [5.41, 5.74) is 7.17. The van der Waals surface area contributed by atoms with Gasteiger partial charge in [0.25, 0.3) is 0 Å². The second kappa shape index (κ2) is 8.08. The Morgan fingerprint density at radius 3 is 2.53 bits per heavy atom. The fraction of sp³-hybridized carbons (Fsp3) is 0.208. The zero-order valence-corrected chi connectivity index (χ0v) is 16.7. The Hall–Kier alpha value is -3.51. The summed E-state index contributed by atoms with van der Waals surface area (Å²) < 4.78 is 5.47. The summed E-state index contributed by atoms with van der Waals surface area (Å²) in [7, 11) is 0. The van der Waals surface area contributed by atoms with E-state index >= 15 is 0 Å². The van der Waals surface area contributed by atoms with E-state index in [0.717, 1.165) is 66.5 Å². The summed E-state index contributed by atoms with van der Waals surface area (Å²) in [6.07, 6.45) is 8.74. The van der Waals surface area contributed by atoms with E-state index in [-0.39, 0.29) is 0 Å². The molecule has 0 radical (unpaired) electrons. The molecule has 1 saturated heterocycles. The predicted molar refractivity (Wildman–Crippen MR) is 119 cm³/mol. The van der Waals surface area contributed by atoms with Crippen LogP contribution in [0.4, 0.5) is 11.4 Å². The number of pyridine rings is 1. The largest absolute Gasteiger partial charge is 0.378 e. The van der Waals surface area contributed by atoms with E-state index in [1.165, 1.54) is 0 Å². The van der Waals surface area contributed by atoms with Crippen molar-refractivity contribution in [3.63, 3.8) is 0 Å². The summed E-state index contributed by atoms with van der Waals surface area (Å²) in [5.74, 6) is 0.585. The third-order valence-electron chi connectivity index (χ3n) is 5.42. The number of nitrogens with zero attached hydrogens (tertiary/aromatic N) is 4. The van der Waals surface area contributed by atoms with Gasteiger partial charge >= 0.3 is 0 Å². The number of hydrogen-bond acceptors (Lipinski definition) is 6. The van der Waals surface area contributed by atoms with E-state index in [2.05, 4.69) is 38.9 Å². The standard InChI is InChI=1S/C24H23N5O/c1-17(28-19-5-3-2-4-6-19)24-26-14-18(15-27-24)21-7-8-23-22(21)13-20(16-25-23)29-9-11-30-12-10-29/h2-7,13-16,28H,1,8-12H2. The average molecular weight is 397 g/mol. The number of benzene rings is 1. The predicted octanol–water partition coefficient (Wildman–Crippen LogP) is 3.78. The van der Waals surface area contributed by atoms with Crippen molar-refractivity contribution in [2.75, 3.05) is 36.5 Å². The topological polar surface area (TPSA) is 63.2 Å². The molecule has 1 fully saturated rings. The molecule has 3 heterocycles.